The Morgan fingerprint density at radius 1 is 1.55 bits per heavy atom. The summed E-state index contributed by atoms with van der Waals surface area (Å²) in [5.74, 6) is -0.547. The Hall–Kier alpha value is -0.890. The number of rotatable bonds is 1. The van der Waals surface area contributed by atoms with Crippen LogP contribution in [0, 0.1) is 12.7 Å². The first-order valence-corrected chi connectivity index (χ1v) is 3.44. The number of carbonyl (C=O) groups excluding carboxylic acids is 1. The number of carbonyl (C=O) groups is 1. The molecule has 1 aromatic carbocycles. The van der Waals surface area contributed by atoms with E-state index in [1.54, 1.807) is 13.0 Å². The van der Waals surface area contributed by atoms with E-state index >= 15 is 0 Å². The number of benzene rings is 1. The third kappa shape index (κ3) is 1.57. The van der Waals surface area contributed by atoms with Crippen molar-refractivity contribution in [2.24, 2.45) is 0 Å². The van der Waals surface area contributed by atoms with Gasteiger partial charge < -0.3 is 0 Å². The van der Waals surface area contributed by atoms with Gasteiger partial charge in [0.1, 0.15) is 12.1 Å². The van der Waals surface area contributed by atoms with Crippen molar-refractivity contribution in [3.05, 3.63) is 34.1 Å². The van der Waals surface area contributed by atoms with Crippen LogP contribution in [0.2, 0.25) is 5.02 Å². The van der Waals surface area contributed by atoms with Crippen LogP contribution >= 0.6 is 11.6 Å². The van der Waals surface area contributed by atoms with Crippen LogP contribution < -0.4 is 0 Å². The van der Waals surface area contributed by atoms with Crippen LogP contribution in [0.5, 0.6) is 0 Å². The molecular weight excluding hydrogens is 167 g/mol. The summed E-state index contributed by atoms with van der Waals surface area (Å²) >= 11 is 5.52. The highest BCUT2D eigenvalue weighted by Gasteiger charge is 2.03. The molecule has 0 aliphatic rings. The van der Waals surface area contributed by atoms with Gasteiger partial charge in [0.05, 0.1) is 5.02 Å². The van der Waals surface area contributed by atoms with Crippen molar-refractivity contribution in [3.8, 4) is 0 Å². The number of aryl methyl sites for hydroxylation is 1. The fraction of sp³-hybridized carbons (Fsp3) is 0.125. The lowest BCUT2D eigenvalue weighted by Crippen LogP contribution is -1.87. The standard InChI is InChI=1S/C8H6ClFO/c1-5-2-6(4-11)3-7(10)8(5)9/h2-4H,1H3. The van der Waals surface area contributed by atoms with Crippen molar-refractivity contribution in [1.82, 2.24) is 0 Å². The van der Waals surface area contributed by atoms with Crippen LogP contribution in [0.4, 0.5) is 4.39 Å². The molecule has 0 spiro atoms. The van der Waals surface area contributed by atoms with Gasteiger partial charge in [-0.3, -0.25) is 4.79 Å². The van der Waals surface area contributed by atoms with E-state index in [-0.39, 0.29) is 5.02 Å². The topological polar surface area (TPSA) is 17.1 Å². The van der Waals surface area contributed by atoms with Crippen LogP contribution in [-0.2, 0) is 0 Å². The highest BCUT2D eigenvalue weighted by molar-refractivity contribution is 6.31. The molecule has 0 atom stereocenters. The fourth-order valence-corrected chi connectivity index (χ4v) is 0.930. The zero-order valence-corrected chi connectivity index (χ0v) is 6.65. The maximum absolute atomic E-state index is 12.7. The fourth-order valence-electron chi connectivity index (χ4n) is 0.821. The van der Waals surface area contributed by atoms with Gasteiger partial charge >= 0.3 is 0 Å². The van der Waals surface area contributed by atoms with Crippen LogP contribution in [-0.4, -0.2) is 6.29 Å². The Balaban J connectivity index is 3.31. The van der Waals surface area contributed by atoms with Crippen molar-refractivity contribution < 1.29 is 9.18 Å². The summed E-state index contributed by atoms with van der Waals surface area (Å²) in [5, 5.41) is 0.0793. The summed E-state index contributed by atoms with van der Waals surface area (Å²) < 4.78 is 12.7. The molecule has 0 N–H and O–H groups in total. The maximum atomic E-state index is 12.7. The molecule has 0 radical (unpaired) electrons. The second-order valence-electron chi connectivity index (χ2n) is 2.25. The number of aldehydes is 1. The van der Waals surface area contributed by atoms with Gasteiger partial charge in [0.25, 0.3) is 0 Å². The molecule has 1 nitrogen and oxygen atoms in total. The average molecular weight is 173 g/mol. The van der Waals surface area contributed by atoms with E-state index < -0.39 is 5.82 Å². The molecule has 3 heteroatoms. The maximum Gasteiger partial charge on any atom is 0.150 e. The first-order valence-electron chi connectivity index (χ1n) is 3.06. The molecule has 0 unspecified atom stereocenters. The van der Waals surface area contributed by atoms with Gasteiger partial charge in [-0.1, -0.05) is 11.6 Å². The lowest BCUT2D eigenvalue weighted by atomic mass is 10.1. The third-order valence-electron chi connectivity index (χ3n) is 1.37. The van der Waals surface area contributed by atoms with Gasteiger partial charge in [0.15, 0.2) is 0 Å². The minimum atomic E-state index is -0.547. The number of hydrogen-bond acceptors (Lipinski definition) is 1. The molecule has 0 amide bonds. The van der Waals surface area contributed by atoms with Crippen molar-refractivity contribution in [2.75, 3.05) is 0 Å². The molecule has 1 rings (SSSR count). The van der Waals surface area contributed by atoms with Crippen molar-refractivity contribution in [2.45, 2.75) is 6.92 Å². The SMILES string of the molecule is Cc1cc(C=O)cc(F)c1Cl. The van der Waals surface area contributed by atoms with E-state index in [4.69, 9.17) is 11.6 Å². The van der Waals surface area contributed by atoms with Crippen molar-refractivity contribution in [3.63, 3.8) is 0 Å². The highest BCUT2D eigenvalue weighted by atomic mass is 35.5. The van der Waals surface area contributed by atoms with Gasteiger partial charge in [0, 0.05) is 5.56 Å². The molecule has 0 aromatic heterocycles. The number of halogens is 2. The van der Waals surface area contributed by atoms with Gasteiger partial charge in [-0.05, 0) is 24.6 Å². The van der Waals surface area contributed by atoms with E-state index in [2.05, 4.69) is 0 Å². The Bertz CT molecular complexity index is 273. The minimum absolute atomic E-state index is 0.0793. The van der Waals surface area contributed by atoms with Gasteiger partial charge in [-0.15, -0.1) is 0 Å². The van der Waals surface area contributed by atoms with Crippen molar-refractivity contribution >= 4 is 17.9 Å². The predicted molar refractivity (Wildman–Crippen MR) is 41.5 cm³/mol. The molecule has 0 saturated carbocycles. The van der Waals surface area contributed by atoms with E-state index in [1.165, 1.54) is 0 Å². The quantitative estimate of drug-likeness (QED) is 0.595. The van der Waals surface area contributed by atoms with Crippen LogP contribution in [0.25, 0.3) is 0 Å². The van der Waals surface area contributed by atoms with Crippen LogP contribution in [0.15, 0.2) is 12.1 Å². The van der Waals surface area contributed by atoms with Gasteiger partial charge in [-0.25, -0.2) is 4.39 Å². The molecular formula is C8H6ClFO. The van der Waals surface area contributed by atoms with Gasteiger partial charge in [-0.2, -0.15) is 0 Å². The third-order valence-corrected chi connectivity index (χ3v) is 1.85. The summed E-state index contributed by atoms with van der Waals surface area (Å²) in [6, 6.07) is 2.65. The smallest absolute Gasteiger partial charge is 0.150 e. The first-order chi connectivity index (χ1) is 5.15. The lowest BCUT2D eigenvalue weighted by molar-refractivity contribution is 0.112. The lowest BCUT2D eigenvalue weighted by Gasteiger charge is -1.99. The number of hydrogen-bond donors (Lipinski definition) is 0. The zero-order valence-electron chi connectivity index (χ0n) is 5.90. The molecule has 0 heterocycles. The second kappa shape index (κ2) is 3.01. The van der Waals surface area contributed by atoms with E-state index in [0.29, 0.717) is 17.4 Å². The molecule has 0 aliphatic heterocycles. The monoisotopic (exact) mass is 172 g/mol. The first kappa shape index (κ1) is 8.21. The predicted octanol–water partition coefficient (Wildman–Crippen LogP) is 2.60. The van der Waals surface area contributed by atoms with Gasteiger partial charge in [0.2, 0.25) is 0 Å². The average Bonchev–Trinajstić information content (AvgIpc) is 1.99. The molecule has 58 valence electrons. The van der Waals surface area contributed by atoms with E-state index in [1.807, 2.05) is 0 Å². The Kier molecular flexibility index (Phi) is 2.25. The Morgan fingerprint density at radius 3 is 2.64 bits per heavy atom. The van der Waals surface area contributed by atoms with E-state index in [9.17, 15) is 9.18 Å². The summed E-state index contributed by atoms with van der Waals surface area (Å²) in [4.78, 5) is 10.2. The normalized spacial score (nSPS) is 9.73. The second-order valence-corrected chi connectivity index (χ2v) is 2.63. The zero-order chi connectivity index (χ0) is 8.43. The summed E-state index contributed by atoms with van der Waals surface area (Å²) in [5.41, 5.74) is 0.887. The Morgan fingerprint density at radius 2 is 2.18 bits per heavy atom. The minimum Gasteiger partial charge on any atom is -0.298 e. The molecule has 0 aliphatic carbocycles. The molecule has 0 bridgehead atoms. The van der Waals surface area contributed by atoms with Crippen molar-refractivity contribution in [1.29, 1.82) is 0 Å². The molecule has 11 heavy (non-hydrogen) atoms. The molecule has 0 saturated heterocycles. The Labute approximate surface area is 68.8 Å². The molecule has 1 aromatic rings. The van der Waals surface area contributed by atoms with Crippen LogP contribution in [0.1, 0.15) is 15.9 Å². The van der Waals surface area contributed by atoms with Crippen LogP contribution in [0.3, 0.4) is 0 Å². The largest absolute Gasteiger partial charge is 0.298 e. The van der Waals surface area contributed by atoms with E-state index in [0.717, 1.165) is 6.07 Å². The summed E-state index contributed by atoms with van der Waals surface area (Å²) in [7, 11) is 0. The summed E-state index contributed by atoms with van der Waals surface area (Å²) in [6.45, 7) is 1.65. The summed E-state index contributed by atoms with van der Waals surface area (Å²) in [6.07, 6.45) is 0.590. The highest BCUT2D eigenvalue weighted by Crippen LogP contribution is 2.19. The molecule has 0 fully saturated rings.